The Bertz CT molecular complexity index is 661. The van der Waals surface area contributed by atoms with Crippen molar-refractivity contribution >= 4 is 23.4 Å². The molecule has 2 aromatic carbocycles. The lowest BCUT2D eigenvalue weighted by atomic mass is 10.1. The summed E-state index contributed by atoms with van der Waals surface area (Å²) in [7, 11) is 0. The van der Waals surface area contributed by atoms with Gasteiger partial charge in [0, 0.05) is 0 Å². The number of hydrogen-bond donors (Lipinski definition) is 1. The van der Waals surface area contributed by atoms with Gasteiger partial charge in [-0.3, -0.25) is 9.69 Å². The summed E-state index contributed by atoms with van der Waals surface area (Å²) in [6, 6.07) is 13.2. The molecule has 0 bridgehead atoms. The van der Waals surface area contributed by atoms with Gasteiger partial charge in [-0.25, -0.2) is 0 Å². The van der Waals surface area contributed by atoms with E-state index in [4.69, 9.17) is 0 Å². The highest BCUT2D eigenvalue weighted by Crippen LogP contribution is 2.44. The molecule has 108 valence electrons. The molecule has 21 heavy (non-hydrogen) atoms. The third kappa shape index (κ3) is 2.51. The number of aromatic hydroxyl groups is 1. The van der Waals surface area contributed by atoms with Gasteiger partial charge >= 0.3 is 0 Å². The molecule has 0 aliphatic carbocycles. The van der Waals surface area contributed by atoms with Crippen molar-refractivity contribution in [3.05, 3.63) is 59.2 Å². The second-order valence-corrected chi connectivity index (χ2v) is 6.33. The molecule has 0 radical (unpaired) electrons. The minimum Gasteiger partial charge on any atom is -0.508 e. The molecule has 0 spiro atoms. The van der Waals surface area contributed by atoms with E-state index in [1.165, 1.54) is 0 Å². The van der Waals surface area contributed by atoms with E-state index in [9.17, 15) is 9.90 Å². The van der Waals surface area contributed by atoms with Gasteiger partial charge in [0.05, 0.1) is 11.4 Å². The van der Waals surface area contributed by atoms with Crippen molar-refractivity contribution in [1.29, 1.82) is 0 Å². The largest absolute Gasteiger partial charge is 0.508 e. The van der Waals surface area contributed by atoms with Crippen LogP contribution in [0.5, 0.6) is 5.75 Å². The van der Waals surface area contributed by atoms with Gasteiger partial charge < -0.3 is 5.11 Å². The van der Waals surface area contributed by atoms with Crippen molar-refractivity contribution in [2.45, 2.75) is 19.2 Å². The van der Waals surface area contributed by atoms with E-state index in [0.717, 1.165) is 22.4 Å². The van der Waals surface area contributed by atoms with Gasteiger partial charge in [-0.1, -0.05) is 30.3 Å². The van der Waals surface area contributed by atoms with E-state index in [1.807, 2.05) is 49.1 Å². The number of hydrogen-bond acceptors (Lipinski definition) is 3. The fourth-order valence-corrected chi connectivity index (χ4v) is 3.90. The van der Waals surface area contributed by atoms with Crippen molar-refractivity contribution < 1.29 is 9.90 Å². The van der Waals surface area contributed by atoms with Crippen molar-refractivity contribution in [3.63, 3.8) is 0 Å². The lowest BCUT2D eigenvalue weighted by Gasteiger charge is -2.27. The van der Waals surface area contributed by atoms with Crippen LogP contribution in [-0.2, 0) is 4.79 Å². The number of thioether (sulfide) groups is 1. The van der Waals surface area contributed by atoms with Crippen LogP contribution in [0, 0.1) is 13.8 Å². The van der Waals surface area contributed by atoms with Crippen LogP contribution in [0.1, 0.15) is 22.1 Å². The third-order valence-electron chi connectivity index (χ3n) is 3.73. The molecule has 1 aliphatic heterocycles. The lowest BCUT2D eigenvalue weighted by molar-refractivity contribution is -0.115. The summed E-state index contributed by atoms with van der Waals surface area (Å²) in [5.41, 5.74) is 4.25. The molecule has 3 rings (SSSR count). The fourth-order valence-electron chi connectivity index (χ4n) is 2.74. The monoisotopic (exact) mass is 299 g/mol. The Hall–Kier alpha value is -1.94. The van der Waals surface area contributed by atoms with Crippen LogP contribution >= 0.6 is 11.8 Å². The average Bonchev–Trinajstić information content (AvgIpc) is 2.82. The zero-order valence-electron chi connectivity index (χ0n) is 12.0. The van der Waals surface area contributed by atoms with Gasteiger partial charge in [0.15, 0.2) is 0 Å². The van der Waals surface area contributed by atoms with Crippen LogP contribution in [0.25, 0.3) is 0 Å². The third-order valence-corrected chi connectivity index (χ3v) is 4.94. The summed E-state index contributed by atoms with van der Waals surface area (Å²) in [5, 5.41) is 9.41. The minimum absolute atomic E-state index is 0.0297. The number of carbonyl (C=O) groups is 1. The van der Waals surface area contributed by atoms with Crippen LogP contribution in [0.3, 0.4) is 0 Å². The number of aryl methyl sites for hydroxylation is 2. The minimum atomic E-state index is -0.0297. The highest BCUT2D eigenvalue weighted by Gasteiger charge is 2.35. The Labute approximate surface area is 128 Å². The van der Waals surface area contributed by atoms with E-state index in [-0.39, 0.29) is 17.0 Å². The topological polar surface area (TPSA) is 40.5 Å². The SMILES string of the molecule is Cc1cccc(C)c1N1C(=O)CSC1c1ccc(O)cc1. The molecule has 1 fully saturated rings. The van der Waals surface area contributed by atoms with Gasteiger partial charge in [-0.2, -0.15) is 0 Å². The van der Waals surface area contributed by atoms with Crippen LogP contribution in [0.15, 0.2) is 42.5 Å². The van der Waals surface area contributed by atoms with Crippen molar-refractivity contribution in [1.82, 2.24) is 0 Å². The van der Waals surface area contributed by atoms with Crippen molar-refractivity contribution in [3.8, 4) is 5.75 Å². The average molecular weight is 299 g/mol. The number of rotatable bonds is 2. The normalized spacial score (nSPS) is 18.3. The zero-order chi connectivity index (χ0) is 15.0. The number of amides is 1. The first-order chi connectivity index (χ1) is 10.1. The maximum atomic E-state index is 12.4. The van der Waals surface area contributed by atoms with E-state index < -0.39 is 0 Å². The summed E-state index contributed by atoms with van der Waals surface area (Å²) in [4.78, 5) is 14.3. The molecule has 0 aromatic heterocycles. The number of carbonyl (C=O) groups excluding carboxylic acids is 1. The molecule has 2 aromatic rings. The highest BCUT2D eigenvalue weighted by molar-refractivity contribution is 8.00. The number of anilines is 1. The molecule has 0 saturated carbocycles. The second kappa shape index (κ2) is 5.45. The number of benzene rings is 2. The standard InChI is InChI=1S/C17H17NO2S/c1-11-4-3-5-12(2)16(11)18-15(20)10-21-17(18)13-6-8-14(19)9-7-13/h3-9,17,19H,10H2,1-2H3. The fraction of sp³-hybridized carbons (Fsp3) is 0.235. The summed E-state index contributed by atoms with van der Waals surface area (Å²) < 4.78 is 0. The Morgan fingerprint density at radius 1 is 1.10 bits per heavy atom. The van der Waals surface area contributed by atoms with E-state index >= 15 is 0 Å². The van der Waals surface area contributed by atoms with E-state index in [0.29, 0.717) is 5.75 Å². The number of phenolic OH excluding ortho intramolecular Hbond substituents is 1. The van der Waals surface area contributed by atoms with E-state index in [1.54, 1.807) is 23.9 Å². The second-order valence-electron chi connectivity index (χ2n) is 5.26. The highest BCUT2D eigenvalue weighted by atomic mass is 32.2. The van der Waals surface area contributed by atoms with Gasteiger partial charge in [-0.15, -0.1) is 11.8 Å². The van der Waals surface area contributed by atoms with Gasteiger partial charge in [0.25, 0.3) is 0 Å². The quantitative estimate of drug-likeness (QED) is 0.917. The molecule has 1 aliphatic rings. The number of phenols is 1. The van der Waals surface area contributed by atoms with Gasteiger partial charge in [0.2, 0.25) is 5.91 Å². The maximum absolute atomic E-state index is 12.4. The smallest absolute Gasteiger partial charge is 0.238 e. The Morgan fingerprint density at radius 2 is 1.71 bits per heavy atom. The zero-order valence-corrected chi connectivity index (χ0v) is 12.9. The number of nitrogens with zero attached hydrogens (tertiary/aromatic N) is 1. The van der Waals surface area contributed by atoms with Crippen LogP contribution in [-0.4, -0.2) is 16.8 Å². The molecule has 4 heteroatoms. The molecule has 1 amide bonds. The first kappa shape index (κ1) is 14.0. The van der Waals surface area contributed by atoms with Crippen LogP contribution in [0.2, 0.25) is 0 Å². The summed E-state index contributed by atoms with van der Waals surface area (Å²) in [6.45, 7) is 4.07. The Kier molecular flexibility index (Phi) is 3.64. The van der Waals surface area contributed by atoms with Crippen LogP contribution in [0.4, 0.5) is 5.69 Å². The molecule has 1 heterocycles. The molecular formula is C17H17NO2S. The molecule has 1 saturated heterocycles. The van der Waals surface area contributed by atoms with Crippen molar-refractivity contribution in [2.24, 2.45) is 0 Å². The summed E-state index contributed by atoms with van der Waals surface area (Å²) in [5.74, 6) is 0.862. The molecule has 3 nitrogen and oxygen atoms in total. The number of para-hydroxylation sites is 1. The first-order valence-electron chi connectivity index (χ1n) is 6.87. The summed E-state index contributed by atoms with van der Waals surface area (Å²) in [6.07, 6.45) is 0. The molecule has 1 unspecified atom stereocenters. The molecular weight excluding hydrogens is 282 g/mol. The predicted molar refractivity (Wildman–Crippen MR) is 86.7 cm³/mol. The van der Waals surface area contributed by atoms with Crippen molar-refractivity contribution in [2.75, 3.05) is 10.7 Å². The maximum Gasteiger partial charge on any atom is 0.238 e. The lowest BCUT2D eigenvalue weighted by Crippen LogP contribution is -2.29. The molecule has 1 atom stereocenters. The molecule has 1 N–H and O–H groups in total. The summed E-state index contributed by atoms with van der Waals surface area (Å²) >= 11 is 1.62. The van der Waals surface area contributed by atoms with Gasteiger partial charge in [-0.05, 0) is 42.7 Å². The Morgan fingerprint density at radius 3 is 2.33 bits per heavy atom. The van der Waals surface area contributed by atoms with Gasteiger partial charge in [0.1, 0.15) is 11.1 Å². The first-order valence-corrected chi connectivity index (χ1v) is 7.91. The van der Waals surface area contributed by atoms with Crippen LogP contribution < -0.4 is 4.90 Å². The van der Waals surface area contributed by atoms with E-state index in [2.05, 4.69) is 0 Å². The Balaban J connectivity index is 2.06. The predicted octanol–water partition coefficient (Wildman–Crippen LogP) is 3.79.